The number of nitrogens with one attached hydrogen (secondary N) is 1. The molecular weight excluding hydrogens is 311 g/mol. The van der Waals surface area contributed by atoms with Gasteiger partial charge in [0.05, 0.1) is 5.54 Å². The molecule has 1 N–H and O–H groups in total. The molecule has 0 spiro atoms. The maximum absolute atomic E-state index is 12.1. The van der Waals surface area contributed by atoms with Crippen LogP contribution < -0.4 is 10.1 Å². The van der Waals surface area contributed by atoms with E-state index in [1.54, 1.807) is 0 Å². The Kier molecular flexibility index (Phi) is 6.49. The van der Waals surface area contributed by atoms with Gasteiger partial charge in [-0.3, -0.25) is 4.79 Å². The molecule has 0 bridgehead atoms. The summed E-state index contributed by atoms with van der Waals surface area (Å²) in [7, 11) is 0. The van der Waals surface area contributed by atoms with Gasteiger partial charge in [-0.1, -0.05) is 6.92 Å². The molecule has 0 saturated carbocycles. The van der Waals surface area contributed by atoms with E-state index >= 15 is 0 Å². The first-order valence-electron chi connectivity index (χ1n) is 5.95. The van der Waals surface area contributed by atoms with Gasteiger partial charge in [-0.25, -0.2) is 0 Å². The minimum Gasteiger partial charge on any atom is -0.435 e. The number of rotatable bonds is 7. The molecule has 0 heterocycles. The molecule has 0 aromatic heterocycles. The van der Waals surface area contributed by atoms with Crippen LogP contribution in [-0.2, 0) is 0 Å². The van der Waals surface area contributed by atoms with E-state index in [4.69, 9.17) is 23.2 Å². The molecule has 1 rings (SSSR count). The SMILES string of the molecule is CCC(CCl)(CCl)NC(=O)c1ccc(OC(F)F)cc1. The van der Waals surface area contributed by atoms with E-state index in [-0.39, 0.29) is 23.4 Å². The zero-order valence-corrected chi connectivity index (χ0v) is 12.3. The summed E-state index contributed by atoms with van der Waals surface area (Å²) in [6.45, 7) is -1.03. The van der Waals surface area contributed by atoms with Crippen LogP contribution in [0.4, 0.5) is 8.78 Å². The molecule has 0 atom stereocenters. The van der Waals surface area contributed by atoms with Crippen LogP contribution in [-0.4, -0.2) is 29.8 Å². The van der Waals surface area contributed by atoms with Crippen molar-refractivity contribution < 1.29 is 18.3 Å². The van der Waals surface area contributed by atoms with Crippen molar-refractivity contribution in [2.75, 3.05) is 11.8 Å². The predicted molar refractivity (Wildman–Crippen MR) is 75.0 cm³/mol. The highest BCUT2D eigenvalue weighted by Gasteiger charge is 2.28. The van der Waals surface area contributed by atoms with E-state index in [0.29, 0.717) is 12.0 Å². The van der Waals surface area contributed by atoms with Crippen molar-refractivity contribution in [1.29, 1.82) is 0 Å². The van der Waals surface area contributed by atoms with E-state index in [0.717, 1.165) is 0 Å². The number of halogens is 4. The summed E-state index contributed by atoms with van der Waals surface area (Å²) < 4.78 is 28.2. The van der Waals surface area contributed by atoms with E-state index < -0.39 is 12.2 Å². The molecule has 0 saturated heterocycles. The molecule has 20 heavy (non-hydrogen) atoms. The fourth-order valence-electron chi connectivity index (χ4n) is 1.48. The number of benzene rings is 1. The molecule has 112 valence electrons. The van der Waals surface area contributed by atoms with E-state index in [1.165, 1.54) is 24.3 Å². The summed E-state index contributed by atoms with van der Waals surface area (Å²) in [5.41, 5.74) is -0.363. The van der Waals surface area contributed by atoms with E-state index in [1.807, 2.05) is 6.92 Å². The largest absolute Gasteiger partial charge is 0.435 e. The lowest BCUT2D eigenvalue weighted by molar-refractivity contribution is -0.0498. The second-order valence-corrected chi connectivity index (χ2v) is 4.79. The Bertz CT molecular complexity index is 428. The Hall–Kier alpha value is -1.07. The van der Waals surface area contributed by atoms with Crippen molar-refractivity contribution in [3.63, 3.8) is 0 Å². The molecule has 3 nitrogen and oxygen atoms in total. The Balaban J connectivity index is 2.77. The summed E-state index contributed by atoms with van der Waals surface area (Å²) in [5, 5.41) is 2.76. The third kappa shape index (κ3) is 4.49. The van der Waals surface area contributed by atoms with Gasteiger partial charge < -0.3 is 10.1 Å². The Morgan fingerprint density at radius 1 is 1.30 bits per heavy atom. The standard InChI is InChI=1S/C13H15Cl2F2NO2/c1-2-13(7-14,8-15)18-11(19)9-3-5-10(6-4-9)20-12(16)17/h3-6,12H,2,7-8H2,1H3,(H,18,19). The van der Waals surface area contributed by atoms with Gasteiger partial charge in [0, 0.05) is 17.3 Å². The van der Waals surface area contributed by atoms with Crippen LogP contribution in [0, 0.1) is 0 Å². The zero-order chi connectivity index (χ0) is 15.2. The maximum atomic E-state index is 12.1. The lowest BCUT2D eigenvalue weighted by atomic mass is 10.0. The van der Waals surface area contributed by atoms with Crippen molar-refractivity contribution in [2.24, 2.45) is 0 Å². The van der Waals surface area contributed by atoms with Crippen molar-refractivity contribution >= 4 is 29.1 Å². The van der Waals surface area contributed by atoms with Gasteiger partial charge in [0.15, 0.2) is 0 Å². The van der Waals surface area contributed by atoms with Gasteiger partial charge in [0.25, 0.3) is 5.91 Å². The van der Waals surface area contributed by atoms with Crippen LogP contribution in [0.5, 0.6) is 5.75 Å². The summed E-state index contributed by atoms with van der Waals surface area (Å²) in [6.07, 6.45) is 0.582. The molecule has 0 fully saturated rings. The van der Waals surface area contributed by atoms with Gasteiger partial charge in [-0.15, -0.1) is 23.2 Å². The number of hydrogen-bond acceptors (Lipinski definition) is 2. The number of carbonyl (C=O) groups is 1. The fraction of sp³-hybridized carbons (Fsp3) is 0.462. The highest BCUT2D eigenvalue weighted by Crippen LogP contribution is 2.18. The average Bonchev–Trinajstić information content (AvgIpc) is 2.45. The average molecular weight is 326 g/mol. The van der Waals surface area contributed by atoms with Gasteiger partial charge in [-0.05, 0) is 30.7 Å². The minimum atomic E-state index is -2.89. The zero-order valence-electron chi connectivity index (χ0n) is 10.8. The number of alkyl halides is 4. The number of hydrogen-bond donors (Lipinski definition) is 1. The third-order valence-electron chi connectivity index (χ3n) is 2.91. The highest BCUT2D eigenvalue weighted by atomic mass is 35.5. The highest BCUT2D eigenvalue weighted by molar-refractivity contribution is 6.22. The topological polar surface area (TPSA) is 38.3 Å². The Morgan fingerprint density at radius 2 is 1.85 bits per heavy atom. The lowest BCUT2D eigenvalue weighted by Gasteiger charge is -2.29. The summed E-state index contributed by atoms with van der Waals surface area (Å²) in [6, 6.07) is 5.40. The Labute approximate surface area is 126 Å². The number of amides is 1. The first-order valence-corrected chi connectivity index (χ1v) is 7.02. The molecule has 1 aromatic rings. The number of carbonyl (C=O) groups excluding carboxylic acids is 1. The van der Waals surface area contributed by atoms with Crippen molar-refractivity contribution in [1.82, 2.24) is 5.32 Å². The van der Waals surface area contributed by atoms with Crippen LogP contribution >= 0.6 is 23.2 Å². The molecule has 0 aliphatic carbocycles. The van der Waals surface area contributed by atoms with Crippen LogP contribution in [0.15, 0.2) is 24.3 Å². The second-order valence-electron chi connectivity index (χ2n) is 4.26. The van der Waals surface area contributed by atoms with Crippen LogP contribution in [0.1, 0.15) is 23.7 Å². The number of ether oxygens (including phenoxy) is 1. The van der Waals surface area contributed by atoms with E-state index in [9.17, 15) is 13.6 Å². The molecule has 0 aliphatic rings. The quantitative estimate of drug-likeness (QED) is 0.777. The van der Waals surface area contributed by atoms with Gasteiger partial charge in [0.1, 0.15) is 5.75 Å². The van der Waals surface area contributed by atoms with Crippen LogP contribution in [0.3, 0.4) is 0 Å². The predicted octanol–water partition coefficient (Wildman–Crippen LogP) is 3.64. The molecule has 0 unspecified atom stereocenters. The monoisotopic (exact) mass is 325 g/mol. The fourth-order valence-corrected chi connectivity index (χ4v) is 2.28. The molecule has 0 radical (unpaired) electrons. The molecule has 1 amide bonds. The van der Waals surface area contributed by atoms with Crippen molar-refractivity contribution in [3.8, 4) is 5.75 Å². The summed E-state index contributed by atoms with van der Waals surface area (Å²) in [4.78, 5) is 12.1. The van der Waals surface area contributed by atoms with Crippen molar-refractivity contribution in [2.45, 2.75) is 25.5 Å². The smallest absolute Gasteiger partial charge is 0.387 e. The van der Waals surface area contributed by atoms with Gasteiger partial charge in [-0.2, -0.15) is 8.78 Å². The van der Waals surface area contributed by atoms with Gasteiger partial charge in [0.2, 0.25) is 0 Å². The summed E-state index contributed by atoms with van der Waals surface area (Å²) >= 11 is 11.7. The van der Waals surface area contributed by atoms with E-state index in [2.05, 4.69) is 10.1 Å². The molecule has 0 aliphatic heterocycles. The minimum absolute atomic E-state index is 0.00649. The molecular formula is C13H15Cl2F2NO2. The van der Waals surface area contributed by atoms with Gasteiger partial charge >= 0.3 is 6.61 Å². The molecule has 7 heteroatoms. The molecule has 1 aromatic carbocycles. The third-order valence-corrected chi connectivity index (χ3v) is 3.93. The van der Waals surface area contributed by atoms with Crippen molar-refractivity contribution in [3.05, 3.63) is 29.8 Å². The normalized spacial score (nSPS) is 11.5. The second kappa shape index (κ2) is 7.64. The van der Waals surface area contributed by atoms with Crippen LogP contribution in [0.25, 0.3) is 0 Å². The Morgan fingerprint density at radius 3 is 2.25 bits per heavy atom. The maximum Gasteiger partial charge on any atom is 0.387 e. The first kappa shape index (κ1) is 17.0. The lowest BCUT2D eigenvalue weighted by Crippen LogP contribution is -2.51. The summed E-state index contributed by atoms with van der Waals surface area (Å²) in [5.74, 6) is 0.00105. The van der Waals surface area contributed by atoms with Crippen LogP contribution in [0.2, 0.25) is 0 Å². The first-order chi connectivity index (χ1) is 9.46.